The molecule has 3 aromatic carbocycles. The standard InChI is InChI=1S/C19H23FN4O.C12H8O3/c20-17-2-1-3-18(13-17)24(21)19(25)12-15-4-6-16(7-5-15)14-23-10-8-22-9-11-23;13-10-3-2-9(10)5-8-1-4-11-12(6-8)15-7-14-11/h1-7,13,22H,8-12,14,21H2;1-6H,7H2. The van der Waals surface area contributed by atoms with E-state index in [0.717, 1.165) is 65.9 Å². The number of rotatable bonds is 6. The number of hydrazine groups is 1. The predicted molar refractivity (Wildman–Crippen MR) is 151 cm³/mol. The number of hydrogen-bond donors (Lipinski definition) is 2. The monoisotopic (exact) mass is 542 g/mol. The second-order valence-corrected chi connectivity index (χ2v) is 9.67. The molecule has 0 radical (unpaired) electrons. The molecule has 1 aliphatic carbocycles. The first-order valence-corrected chi connectivity index (χ1v) is 13.1. The highest BCUT2D eigenvalue weighted by Gasteiger charge is 2.16. The number of fused-ring (bicyclic) bond motifs is 1. The van der Waals surface area contributed by atoms with Crippen LogP contribution >= 0.6 is 0 Å². The van der Waals surface area contributed by atoms with Crippen molar-refractivity contribution in [1.29, 1.82) is 0 Å². The van der Waals surface area contributed by atoms with Crippen molar-refractivity contribution in [3.8, 4) is 11.5 Å². The highest BCUT2D eigenvalue weighted by atomic mass is 19.1. The smallest absolute Gasteiger partial charge is 0.245 e. The van der Waals surface area contributed by atoms with Gasteiger partial charge in [0.2, 0.25) is 12.7 Å². The number of carbonyl (C=O) groups excluding carboxylic acids is 2. The van der Waals surface area contributed by atoms with Crippen molar-refractivity contribution in [2.45, 2.75) is 13.0 Å². The van der Waals surface area contributed by atoms with E-state index in [2.05, 4.69) is 10.2 Å². The number of ketones is 1. The maximum Gasteiger partial charge on any atom is 0.245 e. The second kappa shape index (κ2) is 12.7. The summed E-state index contributed by atoms with van der Waals surface area (Å²) in [5.74, 6) is 6.69. The van der Waals surface area contributed by atoms with Gasteiger partial charge in [0, 0.05) is 38.3 Å². The number of hydrogen-bond acceptors (Lipinski definition) is 7. The van der Waals surface area contributed by atoms with Crippen LogP contribution in [0.1, 0.15) is 16.7 Å². The average Bonchev–Trinajstić information content (AvgIpc) is 3.45. The Morgan fingerprint density at radius 3 is 2.42 bits per heavy atom. The minimum absolute atomic E-state index is 0.0765. The van der Waals surface area contributed by atoms with E-state index < -0.39 is 5.82 Å². The Kier molecular flexibility index (Phi) is 8.65. The molecule has 1 amide bonds. The number of halogens is 1. The molecule has 3 N–H and O–H groups in total. The van der Waals surface area contributed by atoms with Crippen molar-refractivity contribution in [2.75, 3.05) is 38.0 Å². The minimum Gasteiger partial charge on any atom is -0.454 e. The van der Waals surface area contributed by atoms with Crippen LogP contribution in [-0.4, -0.2) is 49.6 Å². The summed E-state index contributed by atoms with van der Waals surface area (Å²) in [5.41, 5.74) is 4.15. The van der Waals surface area contributed by atoms with Crippen LogP contribution in [0, 0.1) is 5.82 Å². The SMILES string of the molecule is NN(C(=O)Cc1ccc(CN2CCNCC2)cc1)c1cccc(F)c1.O=C1C=CC1=Cc1ccc2c(c1)OCO2. The Morgan fingerprint density at radius 1 is 0.975 bits per heavy atom. The van der Waals surface area contributed by atoms with Crippen molar-refractivity contribution >= 4 is 23.5 Å². The number of nitrogens with one attached hydrogen (secondary N) is 1. The van der Waals surface area contributed by atoms with Crippen molar-refractivity contribution in [3.63, 3.8) is 0 Å². The predicted octanol–water partition coefficient (Wildman–Crippen LogP) is 3.62. The lowest BCUT2D eigenvalue weighted by Gasteiger charge is -2.27. The fraction of sp³-hybridized carbons (Fsp3) is 0.226. The molecule has 0 unspecified atom stereocenters. The number of benzene rings is 3. The number of nitrogens with zero attached hydrogens (tertiary/aromatic N) is 2. The quantitative estimate of drug-likeness (QED) is 0.213. The molecule has 206 valence electrons. The van der Waals surface area contributed by atoms with Gasteiger partial charge in [0.15, 0.2) is 17.3 Å². The molecule has 40 heavy (non-hydrogen) atoms. The van der Waals surface area contributed by atoms with E-state index in [4.69, 9.17) is 15.3 Å². The molecular weight excluding hydrogens is 511 g/mol. The average molecular weight is 543 g/mol. The molecule has 0 atom stereocenters. The summed E-state index contributed by atoms with van der Waals surface area (Å²) in [5, 5.41) is 4.34. The van der Waals surface area contributed by atoms with Crippen LogP contribution in [0.15, 0.2) is 84.5 Å². The Hall–Kier alpha value is -4.31. The zero-order valence-electron chi connectivity index (χ0n) is 22.0. The highest BCUT2D eigenvalue weighted by Crippen LogP contribution is 2.33. The van der Waals surface area contributed by atoms with Crippen molar-refractivity contribution in [3.05, 3.63) is 107 Å². The van der Waals surface area contributed by atoms with E-state index in [1.54, 1.807) is 18.2 Å². The van der Waals surface area contributed by atoms with E-state index in [1.165, 1.54) is 23.8 Å². The fourth-order valence-corrected chi connectivity index (χ4v) is 4.47. The Labute approximate surface area is 232 Å². The maximum atomic E-state index is 13.3. The van der Waals surface area contributed by atoms with Crippen LogP contribution in [0.25, 0.3) is 6.08 Å². The first-order chi connectivity index (χ1) is 19.4. The third-order valence-corrected chi connectivity index (χ3v) is 6.77. The first-order valence-electron chi connectivity index (χ1n) is 13.1. The molecule has 6 rings (SSSR count). The van der Waals surface area contributed by atoms with Gasteiger partial charge in [0.05, 0.1) is 12.1 Å². The lowest BCUT2D eigenvalue weighted by molar-refractivity contribution is -0.118. The van der Waals surface area contributed by atoms with Crippen LogP contribution in [-0.2, 0) is 22.6 Å². The molecular formula is C31H31FN4O4. The normalized spacial score (nSPS) is 16.8. The van der Waals surface area contributed by atoms with Crippen LogP contribution in [0.3, 0.4) is 0 Å². The number of piperazine rings is 1. The number of nitrogens with two attached hydrogens (primary N) is 1. The Morgan fingerprint density at radius 2 is 1.73 bits per heavy atom. The zero-order chi connectivity index (χ0) is 27.9. The van der Waals surface area contributed by atoms with E-state index in [1.807, 2.05) is 48.5 Å². The molecule has 8 nitrogen and oxygen atoms in total. The van der Waals surface area contributed by atoms with E-state index >= 15 is 0 Å². The van der Waals surface area contributed by atoms with Gasteiger partial charge in [-0.25, -0.2) is 15.2 Å². The van der Waals surface area contributed by atoms with Gasteiger partial charge in [-0.05, 0) is 65.3 Å². The summed E-state index contributed by atoms with van der Waals surface area (Å²) >= 11 is 0. The van der Waals surface area contributed by atoms with Crippen LogP contribution < -0.4 is 25.6 Å². The highest BCUT2D eigenvalue weighted by molar-refractivity contribution is 6.16. The summed E-state index contributed by atoms with van der Waals surface area (Å²) < 4.78 is 23.7. The topological polar surface area (TPSA) is 97.1 Å². The number of anilines is 1. The van der Waals surface area contributed by atoms with E-state index in [0.29, 0.717) is 5.69 Å². The lowest BCUT2D eigenvalue weighted by atomic mass is 9.98. The second-order valence-electron chi connectivity index (χ2n) is 9.67. The Balaban J connectivity index is 0.000000182. The van der Waals surface area contributed by atoms with Crippen molar-refractivity contribution in [2.24, 2.45) is 5.84 Å². The van der Waals surface area contributed by atoms with Gasteiger partial charge in [-0.1, -0.05) is 36.4 Å². The summed E-state index contributed by atoms with van der Waals surface area (Å²) in [4.78, 5) is 25.8. The molecule has 3 aliphatic rings. The third-order valence-electron chi connectivity index (χ3n) is 6.77. The van der Waals surface area contributed by atoms with E-state index in [9.17, 15) is 14.0 Å². The minimum atomic E-state index is -0.419. The molecule has 0 spiro atoms. The molecule has 1 saturated heterocycles. The molecule has 2 aliphatic heterocycles. The van der Waals surface area contributed by atoms with Gasteiger partial charge in [-0.3, -0.25) is 14.5 Å². The van der Waals surface area contributed by atoms with Crippen molar-refractivity contribution in [1.82, 2.24) is 10.2 Å². The van der Waals surface area contributed by atoms with Gasteiger partial charge in [0.1, 0.15) is 5.82 Å². The molecule has 0 aromatic heterocycles. The number of ether oxygens (including phenoxy) is 2. The van der Waals surface area contributed by atoms with Gasteiger partial charge in [-0.2, -0.15) is 0 Å². The Bertz CT molecular complexity index is 1430. The summed E-state index contributed by atoms with van der Waals surface area (Å²) in [6.45, 7) is 5.35. The molecule has 0 saturated carbocycles. The number of amides is 1. The summed E-state index contributed by atoms with van der Waals surface area (Å²) in [6, 6.07) is 19.3. The molecule has 2 heterocycles. The van der Waals surface area contributed by atoms with Gasteiger partial charge >= 0.3 is 0 Å². The fourth-order valence-electron chi connectivity index (χ4n) is 4.47. The van der Waals surface area contributed by atoms with Gasteiger partial charge in [0.25, 0.3) is 0 Å². The van der Waals surface area contributed by atoms with Gasteiger partial charge in [-0.15, -0.1) is 0 Å². The molecule has 3 aromatic rings. The summed E-state index contributed by atoms with van der Waals surface area (Å²) in [6.07, 6.45) is 5.37. The molecule has 0 bridgehead atoms. The number of carbonyl (C=O) groups is 2. The molecule has 9 heteroatoms. The lowest BCUT2D eigenvalue weighted by Crippen LogP contribution is -2.42. The largest absolute Gasteiger partial charge is 0.454 e. The molecule has 1 fully saturated rings. The van der Waals surface area contributed by atoms with E-state index in [-0.39, 0.29) is 24.9 Å². The third kappa shape index (κ3) is 7.01. The zero-order valence-corrected chi connectivity index (χ0v) is 22.0. The summed E-state index contributed by atoms with van der Waals surface area (Å²) in [7, 11) is 0. The van der Waals surface area contributed by atoms with Crippen LogP contribution in [0.5, 0.6) is 11.5 Å². The maximum absolute atomic E-state index is 13.3. The van der Waals surface area contributed by atoms with Crippen LogP contribution in [0.4, 0.5) is 10.1 Å². The number of allylic oxidation sites excluding steroid dienone is 3. The van der Waals surface area contributed by atoms with Gasteiger partial charge < -0.3 is 14.8 Å². The van der Waals surface area contributed by atoms with Crippen LogP contribution in [0.2, 0.25) is 0 Å². The first kappa shape index (κ1) is 27.3. The van der Waals surface area contributed by atoms with Crippen molar-refractivity contribution < 1.29 is 23.5 Å².